The average Bonchev–Trinajstić information content (AvgIpc) is 3.03. The van der Waals surface area contributed by atoms with Gasteiger partial charge in [-0.05, 0) is 69.9 Å². The smallest absolute Gasteiger partial charge is 0.312 e. The third kappa shape index (κ3) is 2.48. The number of carbonyl (C=O) groups is 2. The van der Waals surface area contributed by atoms with Crippen molar-refractivity contribution in [3.05, 3.63) is 0 Å². The molecule has 3 saturated heterocycles. The zero-order valence-corrected chi connectivity index (χ0v) is 14.4. The van der Waals surface area contributed by atoms with Gasteiger partial charge >= 0.3 is 11.8 Å². The van der Waals surface area contributed by atoms with Crippen molar-refractivity contribution in [3.8, 4) is 0 Å². The maximum Gasteiger partial charge on any atom is 0.312 e. The lowest BCUT2D eigenvalue weighted by Crippen LogP contribution is -2.50. The monoisotopic (exact) mass is 319 g/mol. The minimum absolute atomic E-state index is 0.179. The lowest BCUT2D eigenvalue weighted by Gasteiger charge is -2.38. The Morgan fingerprint density at radius 1 is 1.09 bits per heavy atom. The summed E-state index contributed by atoms with van der Waals surface area (Å²) < 4.78 is 0. The van der Waals surface area contributed by atoms with E-state index in [1.807, 2.05) is 9.80 Å². The highest BCUT2D eigenvalue weighted by Gasteiger charge is 2.54. The van der Waals surface area contributed by atoms with Crippen LogP contribution in [0.25, 0.3) is 0 Å². The number of fused-ring (bicyclic) bond motifs is 1. The van der Waals surface area contributed by atoms with Gasteiger partial charge in [-0.2, -0.15) is 0 Å². The fraction of sp³-hybridized carbons (Fsp3) is 0.889. The molecule has 2 amide bonds. The molecule has 128 valence electrons. The number of amides is 2. The van der Waals surface area contributed by atoms with Crippen LogP contribution < -0.4 is 5.32 Å². The Morgan fingerprint density at radius 3 is 2.43 bits per heavy atom. The summed E-state index contributed by atoms with van der Waals surface area (Å²) in [6.45, 7) is 8.59. The lowest BCUT2D eigenvalue weighted by molar-refractivity contribution is -0.153. The van der Waals surface area contributed by atoms with Gasteiger partial charge in [0, 0.05) is 25.2 Å². The van der Waals surface area contributed by atoms with Crippen molar-refractivity contribution in [2.24, 2.45) is 17.3 Å². The molecule has 4 aliphatic rings. The molecular weight excluding hydrogens is 290 g/mol. The van der Waals surface area contributed by atoms with Crippen LogP contribution in [0.15, 0.2) is 0 Å². The van der Waals surface area contributed by atoms with Crippen molar-refractivity contribution in [3.63, 3.8) is 0 Å². The van der Waals surface area contributed by atoms with Crippen molar-refractivity contribution in [2.75, 3.05) is 32.7 Å². The van der Waals surface area contributed by atoms with E-state index in [0.29, 0.717) is 17.3 Å². The zero-order valence-electron chi connectivity index (χ0n) is 14.4. The molecule has 2 atom stereocenters. The normalized spacial score (nSPS) is 34.3. The Labute approximate surface area is 138 Å². The summed E-state index contributed by atoms with van der Waals surface area (Å²) in [4.78, 5) is 29.4. The van der Waals surface area contributed by atoms with Crippen molar-refractivity contribution in [2.45, 2.75) is 51.5 Å². The average molecular weight is 319 g/mol. The van der Waals surface area contributed by atoms with Gasteiger partial charge < -0.3 is 15.1 Å². The first-order valence-corrected chi connectivity index (χ1v) is 9.22. The van der Waals surface area contributed by atoms with Crippen LogP contribution in [-0.2, 0) is 9.59 Å². The molecule has 3 aliphatic heterocycles. The lowest BCUT2D eigenvalue weighted by atomic mass is 9.66. The molecule has 1 aliphatic carbocycles. The van der Waals surface area contributed by atoms with Crippen LogP contribution >= 0.6 is 0 Å². The maximum absolute atomic E-state index is 12.9. The van der Waals surface area contributed by atoms with Crippen LogP contribution in [0, 0.1) is 17.3 Å². The third-order valence-corrected chi connectivity index (χ3v) is 6.84. The van der Waals surface area contributed by atoms with Gasteiger partial charge in [0.25, 0.3) is 0 Å². The third-order valence-electron chi connectivity index (χ3n) is 6.84. The number of hydrogen-bond donors (Lipinski definition) is 1. The van der Waals surface area contributed by atoms with Gasteiger partial charge in [0.15, 0.2) is 0 Å². The van der Waals surface area contributed by atoms with Gasteiger partial charge in [-0.15, -0.1) is 0 Å². The Kier molecular flexibility index (Phi) is 3.49. The van der Waals surface area contributed by atoms with Crippen molar-refractivity contribution in [1.82, 2.24) is 15.1 Å². The Hall–Kier alpha value is -1.10. The highest BCUT2D eigenvalue weighted by Crippen LogP contribution is 2.53. The molecule has 1 N–H and O–H groups in total. The number of rotatable bonds is 0. The maximum atomic E-state index is 12.9. The molecule has 0 radical (unpaired) electrons. The molecular formula is C18H29N3O2. The molecule has 4 rings (SSSR count). The zero-order chi connectivity index (χ0) is 16.2. The van der Waals surface area contributed by atoms with E-state index in [0.717, 1.165) is 45.6 Å². The molecule has 0 bridgehead atoms. The second kappa shape index (κ2) is 5.20. The van der Waals surface area contributed by atoms with Crippen molar-refractivity contribution < 1.29 is 9.59 Å². The Morgan fingerprint density at radius 2 is 1.83 bits per heavy atom. The highest BCUT2D eigenvalue weighted by atomic mass is 16.2. The minimum Gasteiger partial charge on any atom is -0.334 e. The molecule has 5 nitrogen and oxygen atoms in total. The van der Waals surface area contributed by atoms with Gasteiger partial charge in [0.1, 0.15) is 0 Å². The van der Waals surface area contributed by atoms with E-state index in [9.17, 15) is 9.59 Å². The molecule has 4 fully saturated rings. The molecule has 0 aromatic rings. The first kappa shape index (κ1) is 15.4. The summed E-state index contributed by atoms with van der Waals surface area (Å²) in [5.74, 6) is 0.594. The van der Waals surface area contributed by atoms with Gasteiger partial charge in [0.2, 0.25) is 0 Å². The highest BCUT2D eigenvalue weighted by molar-refractivity contribution is 6.35. The summed E-state index contributed by atoms with van der Waals surface area (Å²) in [5.41, 5.74) is 0.129. The summed E-state index contributed by atoms with van der Waals surface area (Å²) in [7, 11) is 0. The largest absolute Gasteiger partial charge is 0.334 e. The second-order valence-corrected chi connectivity index (χ2v) is 8.96. The number of piperidine rings is 1. The fourth-order valence-electron chi connectivity index (χ4n) is 5.47. The van der Waals surface area contributed by atoms with Gasteiger partial charge in [0.05, 0.1) is 0 Å². The molecule has 23 heavy (non-hydrogen) atoms. The summed E-state index contributed by atoms with van der Waals surface area (Å²) in [6.07, 6.45) is 5.88. The van der Waals surface area contributed by atoms with Crippen LogP contribution in [0.2, 0.25) is 0 Å². The number of likely N-dealkylation sites (tertiary alicyclic amines) is 2. The van der Waals surface area contributed by atoms with Crippen LogP contribution in [0.3, 0.4) is 0 Å². The molecule has 0 aromatic heterocycles. The number of nitrogens with one attached hydrogen (secondary N) is 1. The van der Waals surface area contributed by atoms with E-state index in [1.165, 1.54) is 19.3 Å². The summed E-state index contributed by atoms with van der Waals surface area (Å²) in [5, 5.41) is 3.41. The molecule has 5 heteroatoms. The van der Waals surface area contributed by atoms with Crippen LogP contribution in [0.4, 0.5) is 0 Å². The molecule has 0 unspecified atom stereocenters. The van der Waals surface area contributed by atoms with Gasteiger partial charge in [-0.25, -0.2) is 0 Å². The first-order chi connectivity index (χ1) is 10.9. The predicted octanol–water partition coefficient (Wildman–Crippen LogP) is 1.24. The van der Waals surface area contributed by atoms with E-state index >= 15 is 0 Å². The SMILES string of the molecule is CC1(C)CC2(CCC2)CN1C(=O)C(=O)N1C[C@H]2CNCC[C@H]2C1. The topological polar surface area (TPSA) is 52.7 Å². The van der Waals surface area contributed by atoms with E-state index in [1.54, 1.807) is 0 Å². The number of hydrogen-bond acceptors (Lipinski definition) is 3. The van der Waals surface area contributed by atoms with Crippen molar-refractivity contribution in [1.29, 1.82) is 0 Å². The van der Waals surface area contributed by atoms with E-state index in [2.05, 4.69) is 19.2 Å². The number of carbonyl (C=O) groups excluding carboxylic acids is 2. The molecule has 3 heterocycles. The van der Waals surface area contributed by atoms with Gasteiger partial charge in [-0.1, -0.05) is 6.42 Å². The van der Waals surface area contributed by atoms with E-state index in [-0.39, 0.29) is 17.4 Å². The number of nitrogens with zero attached hydrogens (tertiary/aromatic N) is 2. The van der Waals surface area contributed by atoms with Crippen molar-refractivity contribution >= 4 is 11.8 Å². The Bertz CT molecular complexity index is 512. The standard InChI is InChI=1S/C18H29N3O2/c1-17(2)11-18(5-3-6-18)12-21(17)16(23)15(22)20-9-13-4-7-19-8-14(13)10-20/h13-14,19H,3-12H2,1-2H3/t13-,14+/m0/s1. The quantitative estimate of drug-likeness (QED) is 0.684. The van der Waals surface area contributed by atoms with Crippen LogP contribution in [0.5, 0.6) is 0 Å². The van der Waals surface area contributed by atoms with E-state index < -0.39 is 0 Å². The van der Waals surface area contributed by atoms with Gasteiger partial charge in [-0.3, -0.25) is 9.59 Å². The fourth-order valence-corrected chi connectivity index (χ4v) is 5.47. The van der Waals surface area contributed by atoms with Crippen LogP contribution in [-0.4, -0.2) is 59.9 Å². The summed E-state index contributed by atoms with van der Waals surface area (Å²) >= 11 is 0. The Balaban J connectivity index is 1.45. The molecule has 0 aromatic carbocycles. The van der Waals surface area contributed by atoms with Crippen LogP contribution in [0.1, 0.15) is 46.0 Å². The second-order valence-electron chi connectivity index (χ2n) is 8.96. The minimum atomic E-state index is -0.260. The van der Waals surface area contributed by atoms with E-state index in [4.69, 9.17) is 0 Å². The predicted molar refractivity (Wildman–Crippen MR) is 87.7 cm³/mol. The molecule has 1 saturated carbocycles. The first-order valence-electron chi connectivity index (χ1n) is 9.22. The summed E-state index contributed by atoms with van der Waals surface area (Å²) in [6, 6.07) is 0. The molecule has 1 spiro atoms.